The molecule has 0 saturated heterocycles. The lowest BCUT2D eigenvalue weighted by molar-refractivity contribution is 0.562. The van der Waals surface area contributed by atoms with Crippen LogP contribution in [0.1, 0.15) is 17.9 Å². The maximum atomic E-state index is 10.0. The zero-order chi connectivity index (χ0) is 10.1. The zero-order valence-electron chi connectivity index (χ0n) is 7.21. The third kappa shape index (κ3) is 1.83. The average molecular weight is 228 g/mol. The molecule has 0 bridgehead atoms. The van der Waals surface area contributed by atoms with E-state index in [1.54, 1.807) is 18.2 Å². The molecule has 1 aromatic rings. The van der Waals surface area contributed by atoms with Crippen molar-refractivity contribution in [1.29, 1.82) is 0 Å². The van der Waals surface area contributed by atoms with E-state index in [-0.39, 0.29) is 12.0 Å². The molecule has 1 aliphatic rings. The first-order valence-corrected chi connectivity index (χ1v) is 5.00. The fourth-order valence-electron chi connectivity index (χ4n) is 1.52. The molecule has 0 spiro atoms. The topological polar surface area (TPSA) is 29.4 Å². The highest BCUT2D eigenvalue weighted by molar-refractivity contribution is 6.33. The van der Waals surface area contributed by atoms with Gasteiger partial charge in [0.2, 0.25) is 6.08 Å². The molecule has 2 atom stereocenters. The van der Waals surface area contributed by atoms with E-state index in [2.05, 4.69) is 4.99 Å². The number of isocyanates is 1. The van der Waals surface area contributed by atoms with Crippen LogP contribution in [0.5, 0.6) is 0 Å². The molecule has 0 heterocycles. The average Bonchev–Trinajstić information content (AvgIpc) is 2.89. The van der Waals surface area contributed by atoms with Gasteiger partial charge in [-0.2, -0.15) is 0 Å². The monoisotopic (exact) mass is 227 g/mol. The number of aliphatic imine (C=N–C) groups is 1. The first-order chi connectivity index (χ1) is 6.72. The summed E-state index contributed by atoms with van der Waals surface area (Å²) in [6.45, 7) is 0. The van der Waals surface area contributed by atoms with Crippen molar-refractivity contribution >= 4 is 29.3 Å². The minimum absolute atomic E-state index is 0.0449. The number of nitrogens with zero attached hydrogens (tertiary/aromatic N) is 1. The van der Waals surface area contributed by atoms with E-state index in [4.69, 9.17) is 23.2 Å². The number of benzene rings is 1. The van der Waals surface area contributed by atoms with E-state index < -0.39 is 0 Å². The van der Waals surface area contributed by atoms with Crippen LogP contribution in [0, 0.1) is 0 Å². The van der Waals surface area contributed by atoms with Crippen LogP contribution in [0.3, 0.4) is 0 Å². The molecule has 1 saturated carbocycles. The smallest absolute Gasteiger partial charge is 0.211 e. The number of hydrogen-bond donors (Lipinski definition) is 0. The van der Waals surface area contributed by atoms with Gasteiger partial charge in [0.15, 0.2) is 0 Å². The summed E-state index contributed by atoms with van der Waals surface area (Å²) >= 11 is 11.8. The molecule has 0 aromatic heterocycles. The second kappa shape index (κ2) is 3.74. The minimum Gasteiger partial charge on any atom is -0.211 e. The van der Waals surface area contributed by atoms with Crippen molar-refractivity contribution in [2.24, 2.45) is 4.99 Å². The molecular formula is C10H7Cl2NO. The quantitative estimate of drug-likeness (QED) is 0.564. The van der Waals surface area contributed by atoms with Crippen LogP contribution in [0.15, 0.2) is 23.2 Å². The predicted octanol–water partition coefficient (Wildman–Crippen LogP) is 3.19. The van der Waals surface area contributed by atoms with E-state index in [0.717, 1.165) is 12.0 Å². The molecule has 1 fully saturated rings. The Bertz CT molecular complexity index is 413. The lowest BCUT2D eigenvalue weighted by Crippen LogP contribution is -1.86. The Balaban J connectivity index is 2.26. The van der Waals surface area contributed by atoms with E-state index in [0.29, 0.717) is 10.0 Å². The Kier molecular flexibility index (Phi) is 2.60. The van der Waals surface area contributed by atoms with Crippen LogP contribution in [0.2, 0.25) is 10.0 Å². The summed E-state index contributed by atoms with van der Waals surface area (Å²) in [4.78, 5) is 13.7. The summed E-state index contributed by atoms with van der Waals surface area (Å²) in [5.41, 5.74) is 0.975. The molecule has 1 aromatic carbocycles. The van der Waals surface area contributed by atoms with Gasteiger partial charge in [0.05, 0.1) is 6.04 Å². The van der Waals surface area contributed by atoms with E-state index in [9.17, 15) is 4.79 Å². The number of rotatable bonds is 2. The lowest BCUT2D eigenvalue weighted by atomic mass is 10.1. The summed E-state index contributed by atoms with van der Waals surface area (Å²) < 4.78 is 0. The van der Waals surface area contributed by atoms with Crippen LogP contribution in [-0.2, 0) is 4.79 Å². The van der Waals surface area contributed by atoms with Crippen LogP contribution in [0.4, 0.5) is 0 Å². The molecule has 2 nitrogen and oxygen atoms in total. The highest BCUT2D eigenvalue weighted by atomic mass is 35.5. The van der Waals surface area contributed by atoms with Gasteiger partial charge in [0.1, 0.15) is 0 Å². The van der Waals surface area contributed by atoms with Crippen molar-refractivity contribution in [3.63, 3.8) is 0 Å². The summed E-state index contributed by atoms with van der Waals surface area (Å²) in [5, 5.41) is 1.34. The van der Waals surface area contributed by atoms with Gasteiger partial charge in [-0.1, -0.05) is 23.2 Å². The molecule has 4 heteroatoms. The van der Waals surface area contributed by atoms with E-state index in [1.807, 2.05) is 6.07 Å². The third-order valence-electron chi connectivity index (χ3n) is 2.33. The van der Waals surface area contributed by atoms with Crippen molar-refractivity contribution in [2.75, 3.05) is 0 Å². The second-order valence-electron chi connectivity index (χ2n) is 3.30. The van der Waals surface area contributed by atoms with Crippen molar-refractivity contribution in [1.82, 2.24) is 0 Å². The van der Waals surface area contributed by atoms with Crippen molar-refractivity contribution in [2.45, 2.75) is 18.4 Å². The van der Waals surface area contributed by atoms with Crippen LogP contribution < -0.4 is 0 Å². The molecule has 72 valence electrons. The van der Waals surface area contributed by atoms with Crippen LogP contribution >= 0.6 is 23.2 Å². The molecule has 1 aliphatic carbocycles. The Morgan fingerprint density at radius 2 is 2.21 bits per heavy atom. The Hall–Kier alpha value is -0.820. The normalized spacial score (nSPS) is 24.1. The van der Waals surface area contributed by atoms with Gasteiger partial charge in [0.25, 0.3) is 0 Å². The fourth-order valence-corrected chi connectivity index (χ4v) is 1.96. The summed E-state index contributed by atoms with van der Waals surface area (Å²) in [6.07, 6.45) is 2.42. The van der Waals surface area contributed by atoms with Crippen LogP contribution in [-0.4, -0.2) is 12.1 Å². The Morgan fingerprint density at radius 1 is 1.43 bits per heavy atom. The molecular weight excluding hydrogens is 221 g/mol. The number of carbonyl (C=O) groups excluding carboxylic acids is 1. The Morgan fingerprint density at radius 3 is 2.93 bits per heavy atom. The van der Waals surface area contributed by atoms with Gasteiger partial charge in [-0.15, -0.1) is 0 Å². The third-order valence-corrected chi connectivity index (χ3v) is 2.91. The molecule has 0 N–H and O–H groups in total. The van der Waals surface area contributed by atoms with Crippen molar-refractivity contribution < 1.29 is 4.79 Å². The molecule has 0 aliphatic heterocycles. The number of hydrogen-bond acceptors (Lipinski definition) is 2. The fraction of sp³-hybridized carbons (Fsp3) is 0.300. The van der Waals surface area contributed by atoms with Gasteiger partial charge >= 0.3 is 0 Å². The molecule has 2 unspecified atom stereocenters. The highest BCUT2D eigenvalue weighted by Crippen LogP contribution is 2.46. The Labute approximate surface area is 91.5 Å². The molecule has 0 radical (unpaired) electrons. The molecule has 2 rings (SSSR count). The summed E-state index contributed by atoms with van der Waals surface area (Å²) in [6, 6.07) is 5.38. The maximum Gasteiger partial charge on any atom is 0.235 e. The van der Waals surface area contributed by atoms with E-state index in [1.165, 1.54) is 0 Å². The van der Waals surface area contributed by atoms with Gasteiger partial charge in [-0.25, -0.2) is 9.79 Å². The predicted molar refractivity (Wildman–Crippen MR) is 55.7 cm³/mol. The zero-order valence-corrected chi connectivity index (χ0v) is 8.72. The van der Waals surface area contributed by atoms with Gasteiger partial charge < -0.3 is 0 Å². The summed E-state index contributed by atoms with van der Waals surface area (Å²) in [5.74, 6) is 0.239. The SMILES string of the molecule is O=C=NC1CC1c1cc(Cl)ccc1Cl. The van der Waals surface area contributed by atoms with E-state index >= 15 is 0 Å². The number of halogens is 2. The highest BCUT2D eigenvalue weighted by Gasteiger charge is 2.39. The standard InChI is InChI=1S/C10H7Cl2NO/c11-6-1-2-9(12)7(3-6)8-4-10(8)13-5-14/h1-3,8,10H,4H2. The largest absolute Gasteiger partial charge is 0.235 e. The molecule has 0 amide bonds. The van der Waals surface area contributed by atoms with Gasteiger partial charge in [-0.3, -0.25) is 0 Å². The maximum absolute atomic E-state index is 10.0. The van der Waals surface area contributed by atoms with Crippen molar-refractivity contribution in [3.05, 3.63) is 33.8 Å². The first-order valence-electron chi connectivity index (χ1n) is 4.24. The van der Waals surface area contributed by atoms with Gasteiger partial charge in [0, 0.05) is 16.0 Å². The first kappa shape index (κ1) is 9.72. The second-order valence-corrected chi connectivity index (χ2v) is 4.14. The summed E-state index contributed by atoms with van der Waals surface area (Å²) in [7, 11) is 0. The van der Waals surface area contributed by atoms with Crippen molar-refractivity contribution in [3.8, 4) is 0 Å². The minimum atomic E-state index is 0.0449. The lowest BCUT2D eigenvalue weighted by Gasteiger charge is -2.01. The van der Waals surface area contributed by atoms with Gasteiger partial charge in [-0.05, 0) is 30.2 Å². The molecule has 14 heavy (non-hydrogen) atoms. The van der Waals surface area contributed by atoms with Crippen LogP contribution in [0.25, 0.3) is 0 Å².